The molecule has 0 bridgehead atoms. The van der Waals surface area contributed by atoms with Crippen molar-refractivity contribution in [1.29, 1.82) is 0 Å². The molecule has 4 nitrogen and oxygen atoms in total. The highest BCUT2D eigenvalue weighted by molar-refractivity contribution is 7.98. The predicted octanol–water partition coefficient (Wildman–Crippen LogP) is 2.12. The maximum atomic E-state index is 5.76. The van der Waals surface area contributed by atoms with E-state index in [-0.39, 0.29) is 6.04 Å². The van der Waals surface area contributed by atoms with Crippen LogP contribution in [0.1, 0.15) is 44.4 Å². The zero-order valence-electron chi connectivity index (χ0n) is 8.69. The van der Waals surface area contributed by atoms with Crippen molar-refractivity contribution in [2.45, 2.75) is 38.5 Å². The van der Waals surface area contributed by atoms with E-state index in [1.54, 1.807) is 0 Å². The summed E-state index contributed by atoms with van der Waals surface area (Å²) in [6.45, 7) is 4.15. The van der Waals surface area contributed by atoms with Crippen LogP contribution in [0, 0.1) is 0 Å². The first-order valence-electron chi connectivity index (χ1n) is 4.93. The second-order valence-corrected chi connectivity index (χ2v) is 4.22. The minimum atomic E-state index is -0.118. The highest BCUT2D eigenvalue weighted by Crippen LogP contribution is 2.14. The average Bonchev–Trinajstić information content (AvgIpc) is 2.66. The zero-order chi connectivity index (χ0) is 10.4. The van der Waals surface area contributed by atoms with Crippen molar-refractivity contribution in [2.75, 3.05) is 5.75 Å². The Morgan fingerprint density at radius 1 is 1.50 bits per heavy atom. The Morgan fingerprint density at radius 2 is 2.29 bits per heavy atom. The molecule has 1 atom stereocenters. The number of thioether (sulfide) groups is 1. The van der Waals surface area contributed by atoms with Gasteiger partial charge in [0, 0.05) is 0 Å². The molecule has 2 N–H and O–H groups in total. The molecule has 0 aliphatic heterocycles. The smallest absolute Gasteiger partial charge is 0.243 e. The third-order valence-electron chi connectivity index (χ3n) is 1.82. The highest BCUT2D eigenvalue weighted by atomic mass is 32.2. The van der Waals surface area contributed by atoms with E-state index < -0.39 is 0 Å². The molecular weight excluding hydrogens is 198 g/mol. The van der Waals surface area contributed by atoms with Gasteiger partial charge in [-0.15, -0.1) is 0 Å². The standard InChI is InChI=1S/C9H17N3OS/c1-3-5-14-6-8-11-9(13-12-8)7(10)4-2/h7H,3-6,10H2,1-2H3/t7-/m0/s1. The Morgan fingerprint density at radius 3 is 2.93 bits per heavy atom. The molecule has 1 aromatic heterocycles. The molecule has 0 aliphatic carbocycles. The van der Waals surface area contributed by atoms with Gasteiger partial charge >= 0.3 is 0 Å². The first-order chi connectivity index (χ1) is 6.77. The van der Waals surface area contributed by atoms with Crippen LogP contribution in [0.2, 0.25) is 0 Å². The number of rotatable bonds is 6. The van der Waals surface area contributed by atoms with Crippen molar-refractivity contribution in [1.82, 2.24) is 10.1 Å². The molecule has 0 fully saturated rings. The topological polar surface area (TPSA) is 64.9 Å². The molecule has 1 aromatic rings. The van der Waals surface area contributed by atoms with Crippen molar-refractivity contribution < 1.29 is 4.52 Å². The summed E-state index contributed by atoms with van der Waals surface area (Å²) in [5.74, 6) is 3.25. The molecule has 14 heavy (non-hydrogen) atoms. The molecule has 80 valence electrons. The van der Waals surface area contributed by atoms with E-state index in [4.69, 9.17) is 10.3 Å². The summed E-state index contributed by atoms with van der Waals surface area (Å²) in [7, 11) is 0. The van der Waals surface area contributed by atoms with Crippen molar-refractivity contribution in [3.8, 4) is 0 Å². The Hall–Kier alpha value is -0.550. The van der Waals surface area contributed by atoms with Crippen LogP contribution in [0.5, 0.6) is 0 Å². The molecule has 0 spiro atoms. The minimum absolute atomic E-state index is 0.118. The second-order valence-electron chi connectivity index (χ2n) is 3.12. The van der Waals surface area contributed by atoms with Crippen LogP contribution in [-0.4, -0.2) is 15.9 Å². The van der Waals surface area contributed by atoms with Crippen LogP contribution in [0.4, 0.5) is 0 Å². The van der Waals surface area contributed by atoms with Crippen LogP contribution < -0.4 is 5.73 Å². The maximum absolute atomic E-state index is 5.76. The molecule has 0 aromatic carbocycles. The number of aromatic nitrogens is 2. The predicted molar refractivity (Wildman–Crippen MR) is 58.0 cm³/mol. The monoisotopic (exact) mass is 215 g/mol. The van der Waals surface area contributed by atoms with Crippen molar-refractivity contribution in [3.63, 3.8) is 0 Å². The van der Waals surface area contributed by atoms with Crippen molar-refractivity contribution >= 4 is 11.8 Å². The van der Waals surface area contributed by atoms with Gasteiger partial charge < -0.3 is 10.3 Å². The molecule has 0 saturated heterocycles. The molecule has 1 heterocycles. The average molecular weight is 215 g/mol. The largest absolute Gasteiger partial charge is 0.338 e. The fraction of sp³-hybridized carbons (Fsp3) is 0.778. The molecular formula is C9H17N3OS. The first kappa shape index (κ1) is 11.5. The SMILES string of the molecule is CCCSCc1noc([C@@H](N)CC)n1. The van der Waals surface area contributed by atoms with Crippen LogP contribution >= 0.6 is 11.8 Å². The number of nitrogens with two attached hydrogens (primary N) is 1. The Bertz CT molecular complexity index is 264. The van der Waals surface area contributed by atoms with E-state index in [1.165, 1.54) is 6.42 Å². The molecule has 0 unspecified atom stereocenters. The fourth-order valence-corrected chi connectivity index (χ4v) is 1.69. The first-order valence-corrected chi connectivity index (χ1v) is 6.09. The van der Waals surface area contributed by atoms with Gasteiger partial charge in [-0.1, -0.05) is 19.0 Å². The van der Waals surface area contributed by atoms with E-state index >= 15 is 0 Å². The molecule has 0 radical (unpaired) electrons. The summed E-state index contributed by atoms with van der Waals surface area (Å²) in [6, 6.07) is -0.118. The summed E-state index contributed by atoms with van der Waals surface area (Å²) in [5.41, 5.74) is 5.76. The molecule has 0 saturated carbocycles. The molecule has 0 amide bonds. The van der Waals surface area contributed by atoms with Gasteiger partial charge in [0.05, 0.1) is 11.8 Å². The third-order valence-corrected chi connectivity index (χ3v) is 2.98. The second kappa shape index (κ2) is 6.03. The van der Waals surface area contributed by atoms with E-state index in [1.807, 2.05) is 18.7 Å². The summed E-state index contributed by atoms with van der Waals surface area (Å²) >= 11 is 1.81. The lowest BCUT2D eigenvalue weighted by Gasteiger charge is -1.99. The maximum Gasteiger partial charge on any atom is 0.243 e. The number of hydrogen-bond acceptors (Lipinski definition) is 5. The van der Waals surface area contributed by atoms with Gasteiger partial charge in [0.15, 0.2) is 5.82 Å². The summed E-state index contributed by atoms with van der Waals surface area (Å²) in [5, 5.41) is 3.87. The molecule has 1 rings (SSSR count). The number of hydrogen-bond donors (Lipinski definition) is 1. The quantitative estimate of drug-likeness (QED) is 0.736. The lowest BCUT2D eigenvalue weighted by atomic mass is 10.2. The Labute approximate surface area is 88.6 Å². The van der Waals surface area contributed by atoms with Gasteiger partial charge in [-0.2, -0.15) is 16.7 Å². The van der Waals surface area contributed by atoms with Gasteiger partial charge in [0.25, 0.3) is 0 Å². The van der Waals surface area contributed by atoms with Crippen LogP contribution in [-0.2, 0) is 5.75 Å². The third kappa shape index (κ3) is 3.31. The summed E-state index contributed by atoms with van der Waals surface area (Å²) < 4.78 is 5.05. The fourth-order valence-electron chi connectivity index (χ4n) is 0.959. The lowest BCUT2D eigenvalue weighted by Crippen LogP contribution is -2.08. The van der Waals surface area contributed by atoms with E-state index in [0.717, 1.165) is 23.8 Å². The van der Waals surface area contributed by atoms with Crippen LogP contribution in [0.15, 0.2) is 4.52 Å². The van der Waals surface area contributed by atoms with Crippen molar-refractivity contribution in [3.05, 3.63) is 11.7 Å². The van der Waals surface area contributed by atoms with Gasteiger partial charge in [0.2, 0.25) is 5.89 Å². The lowest BCUT2D eigenvalue weighted by molar-refractivity contribution is 0.349. The molecule has 5 heteroatoms. The van der Waals surface area contributed by atoms with Gasteiger partial charge in [-0.3, -0.25) is 0 Å². The van der Waals surface area contributed by atoms with Crippen LogP contribution in [0.25, 0.3) is 0 Å². The number of nitrogens with zero attached hydrogens (tertiary/aromatic N) is 2. The highest BCUT2D eigenvalue weighted by Gasteiger charge is 2.12. The van der Waals surface area contributed by atoms with Gasteiger partial charge in [0.1, 0.15) is 0 Å². The Kier molecular flexibility index (Phi) is 4.97. The van der Waals surface area contributed by atoms with Gasteiger partial charge in [-0.05, 0) is 18.6 Å². The van der Waals surface area contributed by atoms with E-state index in [0.29, 0.717) is 5.89 Å². The normalized spacial score (nSPS) is 13.1. The zero-order valence-corrected chi connectivity index (χ0v) is 9.51. The minimum Gasteiger partial charge on any atom is -0.338 e. The van der Waals surface area contributed by atoms with E-state index in [9.17, 15) is 0 Å². The van der Waals surface area contributed by atoms with E-state index in [2.05, 4.69) is 17.1 Å². The summed E-state index contributed by atoms with van der Waals surface area (Å²) in [4.78, 5) is 4.23. The van der Waals surface area contributed by atoms with Crippen molar-refractivity contribution in [2.24, 2.45) is 5.73 Å². The Balaban J connectivity index is 2.42. The van der Waals surface area contributed by atoms with Gasteiger partial charge in [-0.25, -0.2) is 0 Å². The summed E-state index contributed by atoms with van der Waals surface area (Å²) in [6.07, 6.45) is 1.99. The van der Waals surface area contributed by atoms with Crippen LogP contribution in [0.3, 0.4) is 0 Å². The molecule has 0 aliphatic rings.